The first-order valence-corrected chi connectivity index (χ1v) is 11.1. The molecule has 10 nitrogen and oxygen atoms in total. The average molecular weight is 423 g/mol. The lowest BCUT2D eigenvalue weighted by Gasteiger charge is -2.32. The van der Waals surface area contributed by atoms with Crippen LogP contribution in [0.3, 0.4) is 0 Å². The van der Waals surface area contributed by atoms with Crippen LogP contribution in [-0.4, -0.2) is 54.0 Å². The zero-order chi connectivity index (χ0) is 21.2. The zero-order valence-corrected chi connectivity index (χ0v) is 17.6. The third-order valence-electron chi connectivity index (χ3n) is 5.14. The summed E-state index contributed by atoms with van der Waals surface area (Å²) in [5.74, 6) is 1.05. The number of hydrogen-bond donors (Lipinski definition) is 0. The van der Waals surface area contributed by atoms with E-state index < -0.39 is 14.9 Å². The summed E-state index contributed by atoms with van der Waals surface area (Å²) in [5, 5.41) is 15.6. The van der Waals surface area contributed by atoms with Gasteiger partial charge in [0, 0.05) is 32.2 Å². The third kappa shape index (κ3) is 4.25. The van der Waals surface area contributed by atoms with Crippen molar-refractivity contribution in [2.45, 2.75) is 44.4 Å². The van der Waals surface area contributed by atoms with Crippen molar-refractivity contribution in [2.75, 3.05) is 31.1 Å². The summed E-state index contributed by atoms with van der Waals surface area (Å²) in [4.78, 5) is 17.3. The maximum absolute atomic E-state index is 12.8. The van der Waals surface area contributed by atoms with Crippen molar-refractivity contribution in [1.29, 1.82) is 0 Å². The van der Waals surface area contributed by atoms with Gasteiger partial charge in [-0.15, -0.1) is 0 Å². The number of anilines is 1. The number of piperidine rings is 1. The normalized spacial score (nSPS) is 17.7. The topological polar surface area (TPSA) is 123 Å². The Morgan fingerprint density at radius 3 is 2.66 bits per heavy atom. The van der Waals surface area contributed by atoms with Gasteiger partial charge in [0.25, 0.3) is 5.69 Å². The molecular weight excluding hydrogens is 398 g/mol. The highest BCUT2D eigenvalue weighted by Gasteiger charge is 2.31. The van der Waals surface area contributed by atoms with Crippen LogP contribution in [0.15, 0.2) is 27.6 Å². The molecule has 0 saturated carbocycles. The first-order valence-electron chi connectivity index (χ1n) is 9.61. The van der Waals surface area contributed by atoms with Crippen LogP contribution in [0.4, 0.5) is 11.4 Å². The van der Waals surface area contributed by atoms with Crippen LogP contribution in [0, 0.1) is 17.0 Å². The number of sulfonamides is 1. The predicted octanol–water partition coefficient (Wildman–Crippen LogP) is 2.70. The van der Waals surface area contributed by atoms with E-state index in [1.54, 1.807) is 20.8 Å². The van der Waals surface area contributed by atoms with Crippen LogP contribution in [0.2, 0.25) is 0 Å². The summed E-state index contributed by atoms with van der Waals surface area (Å²) in [5.41, 5.74) is 0.176. The molecule has 0 bridgehead atoms. The molecule has 1 aromatic carbocycles. The molecule has 1 aliphatic rings. The van der Waals surface area contributed by atoms with Gasteiger partial charge < -0.3 is 9.42 Å². The number of aryl methyl sites for hydroxylation is 1. The van der Waals surface area contributed by atoms with E-state index in [2.05, 4.69) is 10.1 Å². The van der Waals surface area contributed by atoms with E-state index in [1.807, 2.05) is 4.90 Å². The van der Waals surface area contributed by atoms with E-state index in [0.29, 0.717) is 43.6 Å². The summed E-state index contributed by atoms with van der Waals surface area (Å²) in [6.45, 7) is 6.93. The molecule has 1 aliphatic heterocycles. The van der Waals surface area contributed by atoms with Crippen LogP contribution >= 0.6 is 0 Å². The molecule has 2 aromatic rings. The van der Waals surface area contributed by atoms with E-state index in [9.17, 15) is 18.5 Å². The monoisotopic (exact) mass is 423 g/mol. The molecule has 0 N–H and O–H groups in total. The molecule has 1 aromatic heterocycles. The summed E-state index contributed by atoms with van der Waals surface area (Å²) in [7, 11) is -3.78. The quantitative estimate of drug-likeness (QED) is 0.492. The van der Waals surface area contributed by atoms with Crippen molar-refractivity contribution in [3.8, 4) is 0 Å². The second-order valence-corrected chi connectivity index (χ2v) is 8.90. The number of aromatic nitrogens is 2. The first-order chi connectivity index (χ1) is 13.8. The highest BCUT2D eigenvalue weighted by atomic mass is 32.2. The molecule has 0 radical (unpaired) electrons. The molecular formula is C18H25N5O5S. The third-order valence-corrected chi connectivity index (χ3v) is 7.19. The highest BCUT2D eigenvalue weighted by Crippen LogP contribution is 2.36. The molecule has 29 heavy (non-hydrogen) atoms. The second kappa shape index (κ2) is 8.46. The van der Waals surface area contributed by atoms with Gasteiger partial charge in [0.05, 0.1) is 15.7 Å². The number of rotatable bonds is 7. The lowest BCUT2D eigenvalue weighted by Crippen LogP contribution is -2.35. The number of nitro benzene ring substituents is 1. The molecule has 0 amide bonds. The maximum atomic E-state index is 12.8. The van der Waals surface area contributed by atoms with Gasteiger partial charge in [-0.25, -0.2) is 8.42 Å². The number of benzene rings is 1. The van der Waals surface area contributed by atoms with Crippen LogP contribution in [0.25, 0.3) is 0 Å². The predicted molar refractivity (Wildman–Crippen MR) is 106 cm³/mol. The molecule has 0 spiro atoms. The van der Waals surface area contributed by atoms with Gasteiger partial charge in [0.15, 0.2) is 5.82 Å². The van der Waals surface area contributed by atoms with Crippen LogP contribution in [0.1, 0.15) is 44.3 Å². The number of hydrogen-bond acceptors (Lipinski definition) is 8. The minimum atomic E-state index is -3.78. The Kier molecular flexibility index (Phi) is 6.18. The van der Waals surface area contributed by atoms with Gasteiger partial charge in [-0.3, -0.25) is 10.1 Å². The molecule has 0 unspecified atom stereocenters. The summed E-state index contributed by atoms with van der Waals surface area (Å²) in [6.07, 6.45) is 1.66. The van der Waals surface area contributed by atoms with E-state index in [0.717, 1.165) is 18.9 Å². The van der Waals surface area contributed by atoms with Gasteiger partial charge >= 0.3 is 0 Å². The molecule has 11 heteroatoms. The Morgan fingerprint density at radius 1 is 1.34 bits per heavy atom. The summed E-state index contributed by atoms with van der Waals surface area (Å²) < 4.78 is 32.1. The van der Waals surface area contributed by atoms with E-state index in [1.165, 1.54) is 16.4 Å². The fourth-order valence-electron chi connectivity index (χ4n) is 3.67. The molecule has 2 heterocycles. The average Bonchev–Trinajstić information content (AvgIpc) is 3.14. The van der Waals surface area contributed by atoms with Gasteiger partial charge in [-0.1, -0.05) is 19.0 Å². The van der Waals surface area contributed by atoms with E-state index in [4.69, 9.17) is 4.52 Å². The Bertz CT molecular complexity index is 986. The van der Waals surface area contributed by atoms with E-state index in [-0.39, 0.29) is 16.5 Å². The zero-order valence-electron chi connectivity index (χ0n) is 16.7. The summed E-state index contributed by atoms with van der Waals surface area (Å²) in [6, 6.07) is 4.12. The number of nitro groups is 1. The smallest absolute Gasteiger partial charge is 0.293 e. The molecule has 1 saturated heterocycles. The lowest BCUT2D eigenvalue weighted by atomic mass is 9.97. The van der Waals surface area contributed by atoms with Gasteiger partial charge in [-0.05, 0) is 31.9 Å². The molecule has 0 aliphatic carbocycles. The first kappa shape index (κ1) is 21.2. The fraction of sp³-hybridized carbons (Fsp3) is 0.556. The second-order valence-electron chi connectivity index (χ2n) is 6.96. The van der Waals surface area contributed by atoms with Gasteiger partial charge in [0.1, 0.15) is 5.69 Å². The molecule has 1 fully saturated rings. The Hall–Kier alpha value is -2.53. The minimum absolute atomic E-state index is 0.0244. The number of nitrogens with zero attached hydrogens (tertiary/aromatic N) is 5. The van der Waals surface area contributed by atoms with Crippen LogP contribution in [0.5, 0.6) is 0 Å². The Morgan fingerprint density at radius 2 is 2.07 bits per heavy atom. The maximum Gasteiger partial charge on any atom is 0.293 e. The lowest BCUT2D eigenvalue weighted by molar-refractivity contribution is -0.384. The Labute approximate surface area is 169 Å². The minimum Gasteiger partial charge on any atom is -0.365 e. The Balaban J connectivity index is 1.94. The van der Waals surface area contributed by atoms with E-state index >= 15 is 0 Å². The van der Waals surface area contributed by atoms with Crippen LogP contribution in [-0.2, 0) is 10.0 Å². The van der Waals surface area contributed by atoms with Gasteiger partial charge in [0.2, 0.25) is 15.9 Å². The highest BCUT2D eigenvalue weighted by molar-refractivity contribution is 7.89. The van der Waals surface area contributed by atoms with Crippen molar-refractivity contribution in [3.63, 3.8) is 0 Å². The van der Waals surface area contributed by atoms with Crippen molar-refractivity contribution >= 4 is 21.4 Å². The molecule has 158 valence electrons. The summed E-state index contributed by atoms with van der Waals surface area (Å²) >= 11 is 0. The largest absolute Gasteiger partial charge is 0.365 e. The van der Waals surface area contributed by atoms with Crippen molar-refractivity contribution in [2.24, 2.45) is 0 Å². The standard InChI is InChI=1S/C18H25N5O5S/c1-4-22(5-2)29(26,27)15-8-9-16(17(11-15)23(24)25)21-10-6-7-14(12-21)18-19-13(3)20-28-18/h8-9,11,14H,4-7,10,12H2,1-3H3/t14-/m1/s1. The van der Waals surface area contributed by atoms with Crippen molar-refractivity contribution in [1.82, 2.24) is 14.4 Å². The fourth-order valence-corrected chi connectivity index (χ4v) is 5.14. The van der Waals surface area contributed by atoms with Crippen molar-refractivity contribution < 1.29 is 17.9 Å². The van der Waals surface area contributed by atoms with Crippen LogP contribution < -0.4 is 4.90 Å². The molecule has 3 rings (SSSR count). The van der Waals surface area contributed by atoms with Gasteiger partial charge in [-0.2, -0.15) is 9.29 Å². The SMILES string of the molecule is CCN(CC)S(=O)(=O)c1ccc(N2CCC[C@@H](c3nc(C)no3)C2)c([N+](=O)[O-])c1. The molecule has 1 atom stereocenters. The van der Waals surface area contributed by atoms with Crippen molar-refractivity contribution in [3.05, 3.63) is 40.0 Å².